The van der Waals surface area contributed by atoms with Crippen molar-refractivity contribution < 1.29 is 33.3 Å². The molecule has 5 aromatic carbocycles. The van der Waals surface area contributed by atoms with Gasteiger partial charge < -0.3 is 38.4 Å². The molecule has 0 spiro atoms. The molecule has 9 rings (SSSR count). The minimum atomic E-state index is -0.348. The molecule has 12 heteroatoms. The molecule has 0 bridgehead atoms. The number of carbonyl (C=O) groups is 3. The highest BCUT2D eigenvalue weighted by Gasteiger charge is 2.40. The number of unbranched alkanes of at least 4 members (excludes halogenated alkanes) is 1. The highest BCUT2D eigenvalue weighted by Crippen LogP contribution is 2.44. The van der Waals surface area contributed by atoms with E-state index in [0.717, 1.165) is 78.0 Å². The van der Waals surface area contributed by atoms with E-state index in [0.29, 0.717) is 52.8 Å². The quantitative estimate of drug-likeness (QED) is 0.0752. The maximum atomic E-state index is 14.2. The number of aldehydes is 1. The number of para-hydroxylation sites is 2. The molecular formula is C52H55N5O7. The van der Waals surface area contributed by atoms with Gasteiger partial charge >= 0.3 is 0 Å². The SMILES string of the molecule is COc1cc2c(cc1OCc1cc(COc3cc4c(cc3OC)C(=O)N3c5ccccc5C[C@H]3CN4C)cc(N(C)CCCCC(C)(C)C=O)c1)N=C[C@@H]1Cc3ccccc3N1C2=O. The molecule has 0 fully saturated rings. The number of fused-ring (bicyclic) bond motifs is 8. The summed E-state index contributed by atoms with van der Waals surface area (Å²) in [6.07, 6.45) is 7.05. The number of benzene rings is 5. The van der Waals surface area contributed by atoms with E-state index in [1.807, 2.05) is 79.4 Å². The van der Waals surface area contributed by atoms with Crippen LogP contribution in [-0.4, -0.2) is 77.8 Å². The zero-order valence-corrected chi connectivity index (χ0v) is 37.4. The lowest BCUT2D eigenvalue weighted by Gasteiger charge is -2.25. The fourth-order valence-corrected chi connectivity index (χ4v) is 9.49. The molecule has 4 aliphatic heterocycles. The number of hydrogen-bond acceptors (Lipinski definition) is 10. The van der Waals surface area contributed by atoms with Gasteiger partial charge in [-0.25, -0.2) is 0 Å². The normalized spacial score (nSPS) is 17.1. The molecule has 0 saturated carbocycles. The number of amides is 2. The Labute approximate surface area is 375 Å². The van der Waals surface area contributed by atoms with Gasteiger partial charge in [-0.2, -0.15) is 0 Å². The third-order valence-corrected chi connectivity index (χ3v) is 13.0. The van der Waals surface area contributed by atoms with Crippen molar-refractivity contribution in [1.29, 1.82) is 0 Å². The van der Waals surface area contributed by atoms with Crippen molar-refractivity contribution in [3.05, 3.63) is 124 Å². The molecular weight excluding hydrogens is 807 g/mol. The monoisotopic (exact) mass is 861 g/mol. The van der Waals surface area contributed by atoms with Crippen LogP contribution in [0.1, 0.15) is 76.1 Å². The van der Waals surface area contributed by atoms with E-state index in [4.69, 9.17) is 23.9 Å². The van der Waals surface area contributed by atoms with Crippen LogP contribution in [0, 0.1) is 5.41 Å². The Morgan fingerprint density at radius 2 is 1.34 bits per heavy atom. The molecule has 5 aromatic rings. The lowest BCUT2D eigenvalue weighted by atomic mass is 9.89. The minimum absolute atomic E-state index is 0.0198. The van der Waals surface area contributed by atoms with Crippen LogP contribution < -0.4 is 38.5 Å². The van der Waals surface area contributed by atoms with Crippen LogP contribution >= 0.6 is 0 Å². The number of methoxy groups -OCH3 is 2. The van der Waals surface area contributed by atoms with Crippen LogP contribution in [-0.2, 0) is 30.8 Å². The van der Waals surface area contributed by atoms with Crippen LogP contribution in [0.5, 0.6) is 23.0 Å². The summed E-state index contributed by atoms with van der Waals surface area (Å²) in [6.45, 7) is 5.83. The molecule has 4 aliphatic rings. The van der Waals surface area contributed by atoms with Gasteiger partial charge in [-0.05, 0) is 84.0 Å². The smallest absolute Gasteiger partial charge is 0.261 e. The average Bonchev–Trinajstić information content (AvgIpc) is 3.80. The van der Waals surface area contributed by atoms with Crippen LogP contribution in [0.3, 0.4) is 0 Å². The summed E-state index contributed by atoms with van der Waals surface area (Å²) in [5, 5.41) is 0. The maximum Gasteiger partial charge on any atom is 0.261 e. The molecule has 0 saturated heterocycles. The van der Waals surface area contributed by atoms with Gasteiger partial charge in [-0.1, -0.05) is 56.7 Å². The number of hydrogen-bond donors (Lipinski definition) is 0. The molecule has 64 heavy (non-hydrogen) atoms. The summed E-state index contributed by atoms with van der Waals surface area (Å²) >= 11 is 0. The highest BCUT2D eigenvalue weighted by molar-refractivity contribution is 6.15. The first-order valence-electron chi connectivity index (χ1n) is 22.0. The third-order valence-electron chi connectivity index (χ3n) is 13.0. The summed E-state index contributed by atoms with van der Waals surface area (Å²) in [7, 11) is 7.25. The third kappa shape index (κ3) is 8.13. The van der Waals surface area contributed by atoms with Gasteiger partial charge in [0.15, 0.2) is 23.0 Å². The summed E-state index contributed by atoms with van der Waals surface area (Å²) in [5.41, 5.74) is 8.95. The second-order valence-corrected chi connectivity index (χ2v) is 18.0. The van der Waals surface area contributed by atoms with Crippen LogP contribution in [0.15, 0.2) is 96.0 Å². The summed E-state index contributed by atoms with van der Waals surface area (Å²) in [6, 6.07) is 29.5. The predicted molar refractivity (Wildman–Crippen MR) is 251 cm³/mol. The Hall–Kier alpha value is -6.82. The van der Waals surface area contributed by atoms with Crippen molar-refractivity contribution in [2.45, 2.75) is 71.2 Å². The Bertz CT molecular complexity index is 2660. The molecule has 0 N–H and O–H groups in total. The molecule has 0 radical (unpaired) electrons. The Morgan fingerprint density at radius 3 is 2.02 bits per heavy atom. The van der Waals surface area contributed by atoms with Gasteiger partial charge in [0.2, 0.25) is 0 Å². The van der Waals surface area contributed by atoms with Crippen molar-refractivity contribution in [1.82, 2.24) is 0 Å². The zero-order valence-electron chi connectivity index (χ0n) is 37.4. The number of rotatable bonds is 15. The minimum Gasteiger partial charge on any atom is -0.493 e. The second kappa shape index (κ2) is 17.4. The molecule has 2 amide bonds. The number of nitrogens with zero attached hydrogens (tertiary/aromatic N) is 5. The van der Waals surface area contributed by atoms with Crippen molar-refractivity contribution in [3.63, 3.8) is 0 Å². The first-order chi connectivity index (χ1) is 30.9. The van der Waals surface area contributed by atoms with Crippen molar-refractivity contribution >= 4 is 52.8 Å². The van der Waals surface area contributed by atoms with E-state index >= 15 is 0 Å². The molecule has 2 atom stereocenters. The number of ether oxygens (including phenoxy) is 4. The van der Waals surface area contributed by atoms with Crippen molar-refractivity contribution in [2.24, 2.45) is 10.4 Å². The molecule has 330 valence electrons. The van der Waals surface area contributed by atoms with Gasteiger partial charge in [0.25, 0.3) is 11.8 Å². The summed E-state index contributed by atoms with van der Waals surface area (Å²) < 4.78 is 24.8. The Morgan fingerprint density at radius 1 is 0.734 bits per heavy atom. The lowest BCUT2D eigenvalue weighted by Crippen LogP contribution is -2.41. The molecule has 0 aliphatic carbocycles. The first kappa shape index (κ1) is 42.5. The van der Waals surface area contributed by atoms with E-state index in [9.17, 15) is 14.4 Å². The van der Waals surface area contributed by atoms with Crippen molar-refractivity contribution in [3.8, 4) is 23.0 Å². The fraction of sp³-hybridized carbons (Fsp3) is 0.346. The molecule has 12 nitrogen and oxygen atoms in total. The van der Waals surface area contributed by atoms with E-state index in [1.165, 1.54) is 5.56 Å². The largest absolute Gasteiger partial charge is 0.493 e. The molecule has 0 aromatic heterocycles. The van der Waals surface area contributed by atoms with Crippen LogP contribution in [0.4, 0.5) is 28.4 Å². The summed E-state index contributed by atoms with van der Waals surface area (Å²) in [5.74, 6) is 1.74. The van der Waals surface area contributed by atoms with Gasteiger partial charge in [0.1, 0.15) is 19.5 Å². The van der Waals surface area contributed by atoms with Gasteiger partial charge in [-0.15, -0.1) is 0 Å². The maximum absolute atomic E-state index is 14.2. The molecule has 0 unspecified atom stereocenters. The second-order valence-electron chi connectivity index (χ2n) is 18.0. The number of anilines is 4. The highest BCUT2D eigenvalue weighted by atomic mass is 16.5. The Kier molecular flexibility index (Phi) is 11.5. The number of aliphatic imine (C=N–C) groups is 1. The standard InChI is InChI=1S/C52H55N5O7/c1-52(2,32-58)17-11-12-18-54(3)37-20-33(30-63-48-26-42-40(24-46(48)61-5)50(59)56-38(28-53-42)22-35-13-7-9-15-43(35)56)19-34(21-37)31-64-49-27-45-41(25-47(49)62-6)51(60)57-39(29-55(45)4)23-36-14-8-10-16-44(36)57/h7-10,13-16,19-21,24-28,32,38-39H,11-12,17-18,22-23,29-31H2,1-6H3/t38-,39-/m0/s1. The van der Waals surface area contributed by atoms with Gasteiger partial charge in [0, 0.05) is 74.4 Å². The Balaban J connectivity index is 0.975. The number of likely N-dealkylation sites (N-methyl/N-ethyl adjacent to an activating group) is 1. The van der Waals surface area contributed by atoms with Gasteiger partial charge in [0.05, 0.1) is 48.8 Å². The average molecular weight is 862 g/mol. The van der Waals surface area contributed by atoms with E-state index < -0.39 is 0 Å². The number of carbonyl (C=O) groups excluding carboxylic acids is 3. The van der Waals surface area contributed by atoms with Crippen LogP contribution in [0.2, 0.25) is 0 Å². The first-order valence-corrected chi connectivity index (χ1v) is 22.0. The fourth-order valence-electron chi connectivity index (χ4n) is 9.49. The van der Waals surface area contributed by atoms with Crippen LogP contribution in [0.25, 0.3) is 0 Å². The van der Waals surface area contributed by atoms with E-state index in [-0.39, 0.29) is 42.5 Å². The molecule has 4 heterocycles. The van der Waals surface area contributed by atoms with E-state index in [1.54, 1.807) is 32.4 Å². The topological polar surface area (TPSA) is 113 Å². The van der Waals surface area contributed by atoms with Crippen molar-refractivity contribution in [2.75, 3.05) is 61.0 Å². The van der Waals surface area contributed by atoms with Gasteiger partial charge in [-0.3, -0.25) is 19.5 Å². The van der Waals surface area contributed by atoms with E-state index in [2.05, 4.69) is 47.2 Å². The zero-order chi connectivity index (χ0) is 44.7. The summed E-state index contributed by atoms with van der Waals surface area (Å²) in [4.78, 5) is 52.7. The lowest BCUT2D eigenvalue weighted by molar-refractivity contribution is -0.115. The predicted octanol–water partition coefficient (Wildman–Crippen LogP) is 9.00.